The predicted octanol–water partition coefficient (Wildman–Crippen LogP) is 0.752. The highest BCUT2D eigenvalue weighted by Crippen LogP contribution is 2.15. The molecule has 0 amide bonds. The smallest absolute Gasteiger partial charge is 0.120 e. The molecule has 14 heavy (non-hydrogen) atoms. The first-order chi connectivity index (χ1) is 6.83. The Balaban J connectivity index is 2.29. The molecule has 5 nitrogen and oxygen atoms in total. The van der Waals surface area contributed by atoms with E-state index >= 15 is 0 Å². The number of hydrogen-bond acceptors (Lipinski definition) is 3. The van der Waals surface area contributed by atoms with Crippen LogP contribution in [0.3, 0.4) is 0 Å². The van der Waals surface area contributed by atoms with Gasteiger partial charge in [0.2, 0.25) is 0 Å². The molecule has 74 valence electrons. The van der Waals surface area contributed by atoms with Crippen LogP contribution in [0.2, 0.25) is 0 Å². The Morgan fingerprint density at radius 2 is 2.36 bits per heavy atom. The van der Waals surface area contributed by atoms with Crippen LogP contribution in [0.5, 0.6) is 0 Å². The molecule has 0 saturated carbocycles. The van der Waals surface area contributed by atoms with Crippen molar-refractivity contribution in [1.29, 1.82) is 0 Å². The van der Waals surface area contributed by atoms with Gasteiger partial charge in [0.15, 0.2) is 0 Å². The fourth-order valence-electron chi connectivity index (χ4n) is 1.29. The number of rotatable bonds is 3. The molecule has 5 heteroatoms. The molecule has 0 fully saturated rings. The van der Waals surface area contributed by atoms with Crippen molar-refractivity contribution in [2.24, 2.45) is 5.73 Å². The summed E-state index contributed by atoms with van der Waals surface area (Å²) in [5.41, 5.74) is 7.46. The van der Waals surface area contributed by atoms with Gasteiger partial charge in [-0.3, -0.25) is 4.68 Å². The number of aromatic amines is 1. The number of H-pyrrole nitrogens is 1. The second-order valence-corrected chi connectivity index (χ2v) is 3.03. The number of aryl methyl sites for hydroxylation is 1. The van der Waals surface area contributed by atoms with Crippen molar-refractivity contribution in [3.63, 3.8) is 0 Å². The fraction of sp³-hybridized carbons (Fsp3) is 0.333. The van der Waals surface area contributed by atoms with E-state index in [1.54, 1.807) is 6.20 Å². The number of aromatic nitrogens is 4. The Bertz CT molecular complexity index is 374. The maximum absolute atomic E-state index is 5.46. The highest BCUT2D eigenvalue weighted by Gasteiger charge is 2.03. The molecule has 2 rings (SSSR count). The summed E-state index contributed by atoms with van der Waals surface area (Å²) in [5.74, 6) is 0.796. The molecule has 0 aliphatic carbocycles. The number of nitrogens with zero attached hydrogens (tertiary/aromatic N) is 3. The molecule has 0 bridgehead atoms. The van der Waals surface area contributed by atoms with E-state index in [9.17, 15) is 0 Å². The normalized spacial score (nSPS) is 10.7. The van der Waals surface area contributed by atoms with Gasteiger partial charge in [0.1, 0.15) is 5.82 Å². The molecule has 3 N–H and O–H groups in total. The van der Waals surface area contributed by atoms with Crippen molar-refractivity contribution >= 4 is 0 Å². The molecular formula is C9H13N5. The molecule has 2 heterocycles. The van der Waals surface area contributed by atoms with E-state index in [4.69, 9.17) is 5.73 Å². The van der Waals surface area contributed by atoms with Crippen LogP contribution < -0.4 is 5.73 Å². The van der Waals surface area contributed by atoms with Crippen molar-refractivity contribution in [2.75, 3.05) is 0 Å². The number of imidazole rings is 1. The molecule has 0 radical (unpaired) electrons. The predicted molar refractivity (Wildman–Crippen MR) is 53.4 cm³/mol. The van der Waals surface area contributed by atoms with E-state index in [2.05, 4.69) is 22.0 Å². The van der Waals surface area contributed by atoms with Crippen LogP contribution in [0.25, 0.3) is 11.3 Å². The lowest BCUT2D eigenvalue weighted by Crippen LogP contribution is -1.97. The summed E-state index contributed by atoms with van der Waals surface area (Å²) in [5, 5.41) is 4.18. The van der Waals surface area contributed by atoms with Gasteiger partial charge in [0, 0.05) is 18.3 Å². The molecule has 0 atom stereocenters. The molecular weight excluding hydrogens is 178 g/mol. The SMILES string of the molecule is CCn1cc(-c2cnc(CN)[nH]2)cn1. The van der Waals surface area contributed by atoms with E-state index in [0.717, 1.165) is 23.6 Å². The van der Waals surface area contributed by atoms with E-state index in [1.807, 2.05) is 17.1 Å². The molecule has 0 saturated heterocycles. The second kappa shape index (κ2) is 3.63. The minimum Gasteiger partial charge on any atom is -0.341 e. The fourth-order valence-corrected chi connectivity index (χ4v) is 1.29. The van der Waals surface area contributed by atoms with Crippen LogP contribution >= 0.6 is 0 Å². The van der Waals surface area contributed by atoms with Crippen LogP contribution in [0.4, 0.5) is 0 Å². The van der Waals surface area contributed by atoms with Gasteiger partial charge in [-0.25, -0.2) is 4.98 Å². The molecule has 0 spiro atoms. The molecule has 2 aromatic heterocycles. The van der Waals surface area contributed by atoms with Crippen molar-refractivity contribution in [3.8, 4) is 11.3 Å². The van der Waals surface area contributed by atoms with Gasteiger partial charge in [-0.15, -0.1) is 0 Å². The Kier molecular flexibility index (Phi) is 2.32. The van der Waals surface area contributed by atoms with E-state index in [0.29, 0.717) is 6.54 Å². The van der Waals surface area contributed by atoms with Gasteiger partial charge >= 0.3 is 0 Å². The molecule has 0 aromatic carbocycles. The van der Waals surface area contributed by atoms with Crippen LogP contribution in [0.15, 0.2) is 18.6 Å². The maximum Gasteiger partial charge on any atom is 0.120 e. The van der Waals surface area contributed by atoms with Crippen LogP contribution in [0.1, 0.15) is 12.7 Å². The second-order valence-electron chi connectivity index (χ2n) is 3.03. The Hall–Kier alpha value is -1.62. The summed E-state index contributed by atoms with van der Waals surface area (Å²) in [4.78, 5) is 7.26. The topological polar surface area (TPSA) is 72.5 Å². The first-order valence-electron chi connectivity index (χ1n) is 4.60. The van der Waals surface area contributed by atoms with Crippen molar-refractivity contribution in [2.45, 2.75) is 20.0 Å². The molecule has 0 aliphatic rings. The Labute approximate surface area is 82.0 Å². The Morgan fingerprint density at radius 3 is 2.93 bits per heavy atom. The summed E-state index contributed by atoms with van der Waals surface area (Å²) in [7, 11) is 0. The zero-order chi connectivity index (χ0) is 9.97. The third kappa shape index (κ3) is 1.54. The first-order valence-corrected chi connectivity index (χ1v) is 4.60. The minimum atomic E-state index is 0.432. The lowest BCUT2D eigenvalue weighted by Gasteiger charge is -1.91. The van der Waals surface area contributed by atoms with Gasteiger partial charge < -0.3 is 10.7 Å². The first kappa shape index (κ1) is 8.96. The number of hydrogen-bond donors (Lipinski definition) is 2. The van der Waals surface area contributed by atoms with Crippen molar-refractivity contribution in [1.82, 2.24) is 19.7 Å². The van der Waals surface area contributed by atoms with Crippen molar-refractivity contribution in [3.05, 3.63) is 24.4 Å². The zero-order valence-electron chi connectivity index (χ0n) is 8.07. The Morgan fingerprint density at radius 1 is 1.50 bits per heavy atom. The van der Waals surface area contributed by atoms with Gasteiger partial charge in [0.05, 0.1) is 24.6 Å². The minimum absolute atomic E-state index is 0.432. The van der Waals surface area contributed by atoms with Gasteiger partial charge in [-0.2, -0.15) is 5.10 Å². The van der Waals surface area contributed by atoms with Crippen LogP contribution in [0, 0.1) is 0 Å². The highest BCUT2D eigenvalue weighted by molar-refractivity contribution is 5.55. The summed E-state index contributed by atoms with van der Waals surface area (Å²) < 4.78 is 1.87. The summed E-state index contributed by atoms with van der Waals surface area (Å²) in [6, 6.07) is 0. The molecule has 2 aromatic rings. The standard InChI is InChI=1S/C9H13N5/c1-2-14-6-7(4-12-14)8-5-11-9(3-10)13-8/h4-6H,2-3,10H2,1H3,(H,11,13). The van der Waals surface area contributed by atoms with E-state index in [1.165, 1.54) is 0 Å². The lowest BCUT2D eigenvalue weighted by molar-refractivity contribution is 0.660. The average Bonchev–Trinajstić information content (AvgIpc) is 2.86. The van der Waals surface area contributed by atoms with Crippen LogP contribution in [-0.4, -0.2) is 19.7 Å². The zero-order valence-corrected chi connectivity index (χ0v) is 8.07. The summed E-state index contributed by atoms with van der Waals surface area (Å²) >= 11 is 0. The van der Waals surface area contributed by atoms with Gasteiger partial charge in [-0.1, -0.05) is 0 Å². The lowest BCUT2D eigenvalue weighted by atomic mass is 10.3. The quantitative estimate of drug-likeness (QED) is 0.752. The number of nitrogens with one attached hydrogen (secondary N) is 1. The molecule has 0 unspecified atom stereocenters. The summed E-state index contributed by atoms with van der Waals surface area (Å²) in [6.45, 7) is 3.36. The third-order valence-electron chi connectivity index (χ3n) is 2.09. The third-order valence-corrected chi connectivity index (χ3v) is 2.09. The monoisotopic (exact) mass is 191 g/mol. The largest absolute Gasteiger partial charge is 0.341 e. The van der Waals surface area contributed by atoms with Gasteiger partial charge in [0.25, 0.3) is 0 Å². The van der Waals surface area contributed by atoms with E-state index < -0.39 is 0 Å². The van der Waals surface area contributed by atoms with Crippen molar-refractivity contribution < 1.29 is 0 Å². The molecule has 0 aliphatic heterocycles. The van der Waals surface area contributed by atoms with E-state index in [-0.39, 0.29) is 0 Å². The number of nitrogens with two attached hydrogens (primary N) is 1. The summed E-state index contributed by atoms with van der Waals surface area (Å²) in [6.07, 6.45) is 5.57. The maximum atomic E-state index is 5.46. The van der Waals surface area contributed by atoms with Crippen LogP contribution in [-0.2, 0) is 13.1 Å². The van der Waals surface area contributed by atoms with Gasteiger partial charge in [-0.05, 0) is 6.92 Å². The average molecular weight is 191 g/mol. The highest BCUT2D eigenvalue weighted by atomic mass is 15.3.